The first-order valence-electron chi connectivity index (χ1n) is 10.7. The van der Waals surface area contributed by atoms with Crippen LogP contribution in [0.25, 0.3) is 0 Å². The van der Waals surface area contributed by atoms with Crippen molar-refractivity contribution in [2.75, 3.05) is 12.4 Å². The first-order valence-corrected chi connectivity index (χ1v) is 12.4. The Hall–Kier alpha value is -2.42. The smallest absolute Gasteiger partial charge is 0.344 e. The van der Waals surface area contributed by atoms with Crippen LogP contribution in [-0.4, -0.2) is 44.1 Å². The van der Waals surface area contributed by atoms with Gasteiger partial charge in [0.25, 0.3) is 0 Å². The van der Waals surface area contributed by atoms with Gasteiger partial charge in [-0.1, -0.05) is 36.4 Å². The molecule has 2 fully saturated rings. The minimum atomic E-state index is -3.54. The quantitative estimate of drug-likeness (QED) is 0.459. The lowest BCUT2D eigenvalue weighted by molar-refractivity contribution is -0.441. The largest absolute Gasteiger partial charge is 0.482 e. The van der Waals surface area contributed by atoms with E-state index in [9.17, 15) is 13.2 Å². The molecule has 1 aliphatic heterocycles. The van der Waals surface area contributed by atoms with Gasteiger partial charge in [0.05, 0.1) is 10.6 Å². The van der Waals surface area contributed by atoms with Gasteiger partial charge in [0.2, 0.25) is 0 Å². The summed E-state index contributed by atoms with van der Waals surface area (Å²) in [7, 11) is -3.54. The van der Waals surface area contributed by atoms with Gasteiger partial charge in [-0.15, -0.1) is 0 Å². The number of para-hydroxylation sites is 1. The summed E-state index contributed by atoms with van der Waals surface area (Å²) in [6.45, 7) is 3.39. The van der Waals surface area contributed by atoms with Crippen molar-refractivity contribution in [3.8, 4) is 5.75 Å². The fourth-order valence-corrected chi connectivity index (χ4v) is 6.25. The number of hydrogen-bond acceptors (Lipinski definition) is 7. The first kappa shape index (κ1) is 22.8. The van der Waals surface area contributed by atoms with Crippen molar-refractivity contribution < 1.29 is 32.5 Å². The third-order valence-corrected chi connectivity index (χ3v) is 8.36. The van der Waals surface area contributed by atoms with Gasteiger partial charge >= 0.3 is 5.97 Å². The highest BCUT2D eigenvalue weighted by Crippen LogP contribution is 2.47. The molecule has 32 heavy (non-hydrogen) atoms. The van der Waals surface area contributed by atoms with Crippen LogP contribution in [0.3, 0.4) is 0 Å². The van der Waals surface area contributed by atoms with E-state index in [-0.39, 0.29) is 23.2 Å². The van der Waals surface area contributed by atoms with Crippen molar-refractivity contribution in [3.63, 3.8) is 0 Å². The second-order valence-corrected chi connectivity index (χ2v) is 10.9. The Morgan fingerprint density at radius 1 is 1.06 bits per heavy atom. The first-order chi connectivity index (χ1) is 15.2. The Morgan fingerprint density at radius 3 is 2.41 bits per heavy atom. The fraction of sp³-hybridized carbons (Fsp3) is 0.458. The number of carbonyl (C=O) groups is 1. The number of esters is 1. The summed E-state index contributed by atoms with van der Waals surface area (Å²) < 4.78 is 37.0. The number of ether oxygens (including phenoxy) is 2. The second kappa shape index (κ2) is 8.84. The van der Waals surface area contributed by atoms with Crippen LogP contribution >= 0.6 is 0 Å². The van der Waals surface area contributed by atoms with Crippen LogP contribution in [0.1, 0.15) is 33.1 Å². The SMILES string of the molecule is CC1(OC(=O)COc2ccccc2)CCC2CC1OO[C@@]2(C)CS(=O)(=O)c1ccccc1. The lowest BCUT2D eigenvalue weighted by Gasteiger charge is -2.51. The summed E-state index contributed by atoms with van der Waals surface area (Å²) in [6.07, 6.45) is 1.27. The fourth-order valence-electron chi connectivity index (χ4n) is 4.47. The molecule has 4 atom stereocenters. The Balaban J connectivity index is 1.37. The molecule has 0 spiro atoms. The summed E-state index contributed by atoms with van der Waals surface area (Å²) in [5, 5.41) is 0. The highest BCUT2D eigenvalue weighted by atomic mass is 32.2. The lowest BCUT2D eigenvalue weighted by Crippen LogP contribution is -2.60. The average Bonchev–Trinajstić information content (AvgIpc) is 2.78. The maximum absolute atomic E-state index is 12.9. The predicted octanol–water partition coefficient (Wildman–Crippen LogP) is 3.73. The molecule has 1 aliphatic carbocycles. The monoisotopic (exact) mass is 460 g/mol. The van der Waals surface area contributed by atoms with Gasteiger partial charge < -0.3 is 9.47 Å². The standard InChI is InChI=1S/C24H28O7S/c1-23(29-22(25)16-28-19-9-5-3-6-10-19)14-13-18-15-21(23)30-31-24(18,2)17-32(26,27)20-11-7-4-8-12-20/h3-12,18,21H,13-17H2,1-2H3/t18?,21?,23?,24-/m0/s1. The van der Waals surface area contributed by atoms with Crippen LogP contribution in [0.5, 0.6) is 5.75 Å². The number of hydrogen-bond donors (Lipinski definition) is 0. The number of carbonyl (C=O) groups excluding carboxylic acids is 1. The molecule has 2 aromatic rings. The van der Waals surface area contributed by atoms with E-state index in [0.717, 1.165) is 0 Å². The molecule has 1 saturated heterocycles. The van der Waals surface area contributed by atoms with E-state index in [1.807, 2.05) is 25.1 Å². The zero-order valence-corrected chi connectivity index (χ0v) is 19.0. The summed E-state index contributed by atoms with van der Waals surface area (Å²) in [5.74, 6) is -0.112. The van der Waals surface area contributed by atoms with E-state index < -0.39 is 33.1 Å². The molecule has 172 valence electrons. The molecule has 0 N–H and O–H groups in total. The predicted molar refractivity (Wildman–Crippen MR) is 117 cm³/mol. The third-order valence-electron chi connectivity index (χ3n) is 6.41. The molecule has 8 heteroatoms. The minimum Gasteiger partial charge on any atom is -0.482 e. The van der Waals surface area contributed by atoms with Crippen LogP contribution in [-0.2, 0) is 29.1 Å². The van der Waals surface area contributed by atoms with Crippen molar-refractivity contribution in [2.24, 2.45) is 5.92 Å². The van der Waals surface area contributed by atoms with Crippen LogP contribution in [0.15, 0.2) is 65.6 Å². The molecule has 2 bridgehead atoms. The van der Waals surface area contributed by atoms with Crippen molar-refractivity contribution in [1.29, 1.82) is 0 Å². The van der Waals surface area contributed by atoms with Gasteiger partial charge in [-0.05, 0) is 63.3 Å². The molecule has 4 rings (SSSR count). The summed E-state index contributed by atoms with van der Waals surface area (Å²) in [5.41, 5.74) is -1.85. The normalized spacial score (nSPS) is 29.8. The van der Waals surface area contributed by atoms with Crippen LogP contribution in [0, 0.1) is 5.92 Å². The Bertz CT molecular complexity index is 1040. The lowest BCUT2D eigenvalue weighted by atomic mass is 9.71. The summed E-state index contributed by atoms with van der Waals surface area (Å²) >= 11 is 0. The topological polar surface area (TPSA) is 88.1 Å². The Labute approximate surface area is 188 Å². The minimum absolute atomic E-state index is 0.0351. The van der Waals surface area contributed by atoms with Gasteiger partial charge in [0.1, 0.15) is 23.1 Å². The molecule has 3 unspecified atom stereocenters. The summed E-state index contributed by atoms with van der Waals surface area (Å²) in [4.78, 5) is 24.0. The highest BCUT2D eigenvalue weighted by Gasteiger charge is 2.55. The van der Waals surface area contributed by atoms with Gasteiger partial charge in [0.15, 0.2) is 16.4 Å². The Morgan fingerprint density at radius 2 is 1.72 bits per heavy atom. The molecule has 0 amide bonds. The van der Waals surface area contributed by atoms with Crippen molar-refractivity contribution >= 4 is 15.8 Å². The van der Waals surface area contributed by atoms with E-state index in [0.29, 0.717) is 25.0 Å². The number of fused-ring (bicyclic) bond motifs is 2. The second-order valence-electron chi connectivity index (χ2n) is 8.91. The van der Waals surface area contributed by atoms with E-state index >= 15 is 0 Å². The number of sulfone groups is 1. The van der Waals surface area contributed by atoms with Crippen molar-refractivity contribution in [1.82, 2.24) is 0 Å². The molecule has 7 nitrogen and oxygen atoms in total. The molecule has 1 heterocycles. The van der Waals surface area contributed by atoms with Crippen LogP contribution < -0.4 is 4.74 Å². The van der Waals surface area contributed by atoms with Gasteiger partial charge in [-0.2, -0.15) is 0 Å². The molecular formula is C24H28O7S. The van der Waals surface area contributed by atoms with Crippen LogP contribution in [0.4, 0.5) is 0 Å². The average molecular weight is 461 g/mol. The summed E-state index contributed by atoms with van der Waals surface area (Å²) in [6, 6.07) is 17.4. The molecule has 0 aromatic heterocycles. The van der Waals surface area contributed by atoms with Crippen molar-refractivity contribution in [3.05, 3.63) is 60.7 Å². The maximum Gasteiger partial charge on any atom is 0.344 e. The number of benzene rings is 2. The van der Waals surface area contributed by atoms with Gasteiger partial charge in [-0.3, -0.25) is 0 Å². The Kier molecular flexibility index (Phi) is 6.29. The van der Waals surface area contributed by atoms with E-state index in [1.54, 1.807) is 49.4 Å². The zero-order valence-electron chi connectivity index (χ0n) is 18.2. The van der Waals surface area contributed by atoms with Gasteiger partial charge in [-0.25, -0.2) is 23.0 Å². The van der Waals surface area contributed by atoms with E-state index in [2.05, 4.69) is 0 Å². The number of rotatable bonds is 7. The zero-order chi connectivity index (χ0) is 22.8. The van der Waals surface area contributed by atoms with Crippen molar-refractivity contribution in [2.45, 2.75) is 55.3 Å². The van der Waals surface area contributed by atoms with E-state index in [1.165, 1.54) is 0 Å². The van der Waals surface area contributed by atoms with Crippen LogP contribution in [0.2, 0.25) is 0 Å². The van der Waals surface area contributed by atoms with Gasteiger partial charge in [0, 0.05) is 0 Å². The third kappa shape index (κ3) is 4.82. The molecular weight excluding hydrogens is 432 g/mol. The molecule has 1 saturated carbocycles. The van der Waals surface area contributed by atoms with E-state index in [4.69, 9.17) is 19.2 Å². The molecule has 0 radical (unpaired) electrons. The maximum atomic E-state index is 12.9. The highest BCUT2D eigenvalue weighted by molar-refractivity contribution is 7.91. The molecule has 2 aliphatic rings. The molecule has 2 aromatic carbocycles.